The van der Waals surface area contributed by atoms with Gasteiger partial charge in [-0.2, -0.15) is 13.2 Å². The van der Waals surface area contributed by atoms with Crippen molar-refractivity contribution >= 4 is 34.7 Å². The average molecular weight is 488 g/mol. The van der Waals surface area contributed by atoms with Crippen LogP contribution < -0.4 is 5.32 Å². The largest absolute Gasteiger partial charge is 0.390 e. The van der Waals surface area contributed by atoms with Crippen molar-refractivity contribution in [2.75, 3.05) is 5.32 Å². The second kappa shape index (κ2) is 9.18. The summed E-state index contributed by atoms with van der Waals surface area (Å²) < 4.78 is 39.8. The van der Waals surface area contributed by atoms with E-state index in [1.807, 2.05) is 6.07 Å². The molecule has 5 nitrogen and oxygen atoms in total. The number of rotatable bonds is 6. The Morgan fingerprint density at radius 3 is 2.56 bits per heavy atom. The van der Waals surface area contributed by atoms with Gasteiger partial charge in [-0.15, -0.1) is 10.2 Å². The van der Waals surface area contributed by atoms with E-state index < -0.39 is 36.0 Å². The zero-order valence-corrected chi connectivity index (χ0v) is 19.0. The van der Waals surface area contributed by atoms with Crippen LogP contribution in [-0.4, -0.2) is 27.9 Å². The van der Waals surface area contributed by atoms with Gasteiger partial charge >= 0.3 is 6.18 Å². The number of benzene rings is 2. The summed E-state index contributed by atoms with van der Waals surface area (Å²) in [5, 5.41) is 12.1. The molecule has 1 aromatic heterocycles. The standard InChI is InChI=1S/C25H21ClF3N3O2/c1-15(33)13-24(14-25(27,28)29)10-9-16-11-17(5-6-20(16)23(24)34)21-7-8-22(32-31-21)30-19-4-2-3-18(26)12-19/h2-8,11-12H,9-10,13-14H2,1H3,(H,30,32)/t24-/m0/s1. The summed E-state index contributed by atoms with van der Waals surface area (Å²) in [6.07, 6.45) is -6.03. The number of Topliss-reactive ketones (excluding diaryl/α,β-unsaturated/α-hetero) is 2. The van der Waals surface area contributed by atoms with E-state index >= 15 is 0 Å². The molecule has 176 valence electrons. The minimum absolute atomic E-state index is 0.0322. The molecule has 34 heavy (non-hydrogen) atoms. The lowest BCUT2D eigenvalue weighted by molar-refractivity contribution is -0.156. The number of hydrogen-bond acceptors (Lipinski definition) is 5. The fourth-order valence-electron chi connectivity index (χ4n) is 4.48. The number of nitrogens with zero attached hydrogens (tertiary/aromatic N) is 2. The lowest BCUT2D eigenvalue weighted by Crippen LogP contribution is -2.41. The highest BCUT2D eigenvalue weighted by Crippen LogP contribution is 2.46. The minimum atomic E-state index is -4.54. The first-order chi connectivity index (χ1) is 16.0. The van der Waals surface area contributed by atoms with Crippen LogP contribution in [0, 0.1) is 5.41 Å². The van der Waals surface area contributed by atoms with Crippen LogP contribution in [0.4, 0.5) is 24.7 Å². The Labute approximate surface area is 199 Å². The Kier molecular flexibility index (Phi) is 6.45. The number of aromatic nitrogens is 2. The molecule has 1 heterocycles. The third-order valence-electron chi connectivity index (χ3n) is 5.89. The first-order valence-corrected chi connectivity index (χ1v) is 11.0. The summed E-state index contributed by atoms with van der Waals surface area (Å²) in [6.45, 7) is 1.22. The predicted octanol–water partition coefficient (Wildman–Crippen LogP) is 6.59. The van der Waals surface area contributed by atoms with Gasteiger partial charge in [-0.1, -0.05) is 29.8 Å². The van der Waals surface area contributed by atoms with E-state index in [0.29, 0.717) is 27.7 Å². The molecular weight excluding hydrogens is 467 g/mol. The van der Waals surface area contributed by atoms with E-state index in [1.165, 1.54) is 13.0 Å². The van der Waals surface area contributed by atoms with E-state index in [1.54, 1.807) is 42.5 Å². The normalized spacial score (nSPS) is 17.9. The Morgan fingerprint density at radius 1 is 1.12 bits per heavy atom. The van der Waals surface area contributed by atoms with Crippen LogP contribution in [-0.2, 0) is 11.2 Å². The number of fused-ring (bicyclic) bond motifs is 1. The molecule has 1 aliphatic carbocycles. The molecule has 0 saturated carbocycles. The van der Waals surface area contributed by atoms with Gasteiger partial charge in [0.2, 0.25) is 0 Å². The summed E-state index contributed by atoms with van der Waals surface area (Å²) >= 11 is 5.99. The van der Waals surface area contributed by atoms with Crippen LogP contribution in [0.15, 0.2) is 54.6 Å². The maximum atomic E-state index is 13.3. The van der Waals surface area contributed by atoms with E-state index in [4.69, 9.17) is 11.6 Å². The van der Waals surface area contributed by atoms with Gasteiger partial charge < -0.3 is 5.32 Å². The monoisotopic (exact) mass is 487 g/mol. The third-order valence-corrected chi connectivity index (χ3v) is 6.12. The number of hydrogen-bond donors (Lipinski definition) is 1. The smallest absolute Gasteiger partial charge is 0.339 e. The van der Waals surface area contributed by atoms with Gasteiger partial charge in [-0.25, -0.2) is 0 Å². The van der Waals surface area contributed by atoms with Gasteiger partial charge in [0, 0.05) is 33.7 Å². The van der Waals surface area contributed by atoms with E-state index in [9.17, 15) is 22.8 Å². The van der Waals surface area contributed by atoms with Crippen molar-refractivity contribution in [2.24, 2.45) is 5.41 Å². The first-order valence-electron chi connectivity index (χ1n) is 10.7. The van der Waals surface area contributed by atoms with Gasteiger partial charge in [0.25, 0.3) is 0 Å². The quantitative estimate of drug-likeness (QED) is 0.425. The molecule has 2 aromatic carbocycles. The number of ketones is 2. The summed E-state index contributed by atoms with van der Waals surface area (Å²) in [5.41, 5.74) is 1.15. The van der Waals surface area contributed by atoms with Crippen molar-refractivity contribution in [1.82, 2.24) is 10.2 Å². The Hall–Kier alpha value is -3.26. The molecule has 3 aromatic rings. The number of anilines is 2. The minimum Gasteiger partial charge on any atom is -0.339 e. The van der Waals surface area contributed by atoms with Crippen molar-refractivity contribution in [2.45, 2.75) is 38.8 Å². The fourth-order valence-corrected chi connectivity index (χ4v) is 4.67. The highest BCUT2D eigenvalue weighted by atomic mass is 35.5. The molecule has 4 rings (SSSR count). The lowest BCUT2D eigenvalue weighted by atomic mass is 9.65. The lowest BCUT2D eigenvalue weighted by Gasteiger charge is -2.36. The SMILES string of the molecule is CC(=O)C[C@]1(CC(F)(F)F)CCc2cc(-c3ccc(Nc4cccc(Cl)c4)nn3)ccc2C1=O. The number of carbonyl (C=O) groups is 2. The van der Waals surface area contributed by atoms with E-state index in [-0.39, 0.29) is 18.4 Å². The van der Waals surface area contributed by atoms with E-state index in [2.05, 4.69) is 15.5 Å². The third kappa shape index (κ3) is 5.28. The Bertz CT molecular complexity index is 1240. The average Bonchev–Trinajstić information content (AvgIpc) is 2.75. The van der Waals surface area contributed by atoms with Gasteiger partial charge in [0.1, 0.15) is 5.78 Å². The number of carbonyl (C=O) groups excluding carboxylic acids is 2. The molecule has 0 amide bonds. The van der Waals surface area contributed by atoms with Crippen molar-refractivity contribution in [3.05, 3.63) is 70.7 Å². The van der Waals surface area contributed by atoms with Crippen LogP contribution in [0.3, 0.4) is 0 Å². The van der Waals surface area contributed by atoms with Gasteiger partial charge in [-0.05, 0) is 61.7 Å². The summed E-state index contributed by atoms with van der Waals surface area (Å²) in [5.74, 6) is -0.542. The Balaban J connectivity index is 1.57. The molecule has 0 bridgehead atoms. The topological polar surface area (TPSA) is 72.0 Å². The first kappa shape index (κ1) is 23.9. The van der Waals surface area contributed by atoms with Crippen molar-refractivity contribution in [3.8, 4) is 11.3 Å². The maximum Gasteiger partial charge on any atom is 0.390 e. The van der Waals surface area contributed by atoms with Crippen LogP contribution in [0.5, 0.6) is 0 Å². The van der Waals surface area contributed by atoms with Crippen LogP contribution in [0.2, 0.25) is 5.02 Å². The highest BCUT2D eigenvalue weighted by molar-refractivity contribution is 6.30. The molecule has 9 heteroatoms. The number of halogens is 4. The van der Waals surface area contributed by atoms with Gasteiger partial charge in [0.05, 0.1) is 12.1 Å². The molecular formula is C25H21ClF3N3O2. The second-order valence-electron chi connectivity index (χ2n) is 8.59. The number of aryl methyl sites for hydroxylation is 1. The predicted molar refractivity (Wildman–Crippen MR) is 123 cm³/mol. The second-order valence-corrected chi connectivity index (χ2v) is 9.03. The van der Waals surface area contributed by atoms with Crippen molar-refractivity contribution in [1.29, 1.82) is 0 Å². The van der Waals surface area contributed by atoms with Crippen LogP contribution in [0.25, 0.3) is 11.3 Å². The molecule has 0 fully saturated rings. The molecule has 0 unspecified atom stereocenters. The van der Waals surface area contributed by atoms with Crippen LogP contribution >= 0.6 is 11.6 Å². The zero-order chi connectivity index (χ0) is 24.5. The Morgan fingerprint density at radius 2 is 1.91 bits per heavy atom. The van der Waals surface area contributed by atoms with Crippen molar-refractivity contribution in [3.63, 3.8) is 0 Å². The number of nitrogens with one attached hydrogen (secondary N) is 1. The van der Waals surface area contributed by atoms with Gasteiger partial charge in [-0.3, -0.25) is 9.59 Å². The molecule has 0 aliphatic heterocycles. The molecule has 0 spiro atoms. The highest BCUT2D eigenvalue weighted by Gasteiger charge is 2.50. The molecule has 1 atom stereocenters. The maximum absolute atomic E-state index is 13.3. The summed E-state index contributed by atoms with van der Waals surface area (Å²) in [7, 11) is 0. The molecule has 0 saturated heterocycles. The molecule has 1 aliphatic rings. The number of alkyl halides is 3. The zero-order valence-electron chi connectivity index (χ0n) is 18.2. The fraction of sp³-hybridized carbons (Fsp3) is 0.280. The van der Waals surface area contributed by atoms with Crippen molar-refractivity contribution < 1.29 is 22.8 Å². The van der Waals surface area contributed by atoms with Crippen LogP contribution in [0.1, 0.15) is 42.1 Å². The molecule has 1 N–H and O–H groups in total. The molecule has 0 radical (unpaired) electrons. The van der Waals surface area contributed by atoms with E-state index in [0.717, 1.165) is 5.69 Å². The summed E-state index contributed by atoms with van der Waals surface area (Å²) in [4.78, 5) is 24.9. The summed E-state index contributed by atoms with van der Waals surface area (Å²) in [6, 6.07) is 15.6. The van der Waals surface area contributed by atoms with Gasteiger partial charge in [0.15, 0.2) is 11.6 Å².